The second kappa shape index (κ2) is 9.67. The molecule has 0 bridgehead atoms. The van der Waals surface area contributed by atoms with E-state index in [1.807, 2.05) is 30.3 Å². The smallest absolute Gasteiger partial charge is 0.221 e. The van der Waals surface area contributed by atoms with Crippen molar-refractivity contribution in [1.82, 2.24) is 5.32 Å². The molecule has 2 N–H and O–H groups in total. The lowest BCUT2D eigenvalue weighted by Gasteiger charge is -2.18. The number of ether oxygens (including phenoxy) is 1. The lowest BCUT2D eigenvalue weighted by Crippen LogP contribution is -2.18. The molecule has 0 spiro atoms. The minimum absolute atomic E-state index is 0.0878. The first kappa shape index (κ1) is 21.6. The van der Waals surface area contributed by atoms with Crippen LogP contribution < -0.4 is 15.4 Å². The highest BCUT2D eigenvalue weighted by atomic mass is 16.5. The van der Waals surface area contributed by atoms with Crippen molar-refractivity contribution < 1.29 is 9.53 Å². The van der Waals surface area contributed by atoms with E-state index in [9.17, 15) is 4.79 Å². The first-order chi connectivity index (χ1) is 15.5. The molecule has 162 valence electrons. The van der Waals surface area contributed by atoms with E-state index in [2.05, 4.69) is 72.2 Å². The van der Waals surface area contributed by atoms with Gasteiger partial charge in [0.25, 0.3) is 0 Å². The third-order valence-electron chi connectivity index (χ3n) is 5.70. The van der Waals surface area contributed by atoms with Gasteiger partial charge < -0.3 is 15.4 Å². The van der Waals surface area contributed by atoms with Crippen LogP contribution in [0.3, 0.4) is 0 Å². The van der Waals surface area contributed by atoms with Crippen molar-refractivity contribution in [3.63, 3.8) is 0 Å². The molecule has 0 aliphatic heterocycles. The molecule has 0 fully saturated rings. The summed E-state index contributed by atoms with van der Waals surface area (Å²) < 4.78 is 5.28. The first-order valence-electron chi connectivity index (χ1n) is 10.8. The molecule has 4 aromatic carbocycles. The molecule has 1 unspecified atom stereocenters. The lowest BCUT2D eigenvalue weighted by molar-refractivity contribution is -0.114. The van der Waals surface area contributed by atoms with E-state index in [1.54, 1.807) is 7.11 Å². The molecule has 32 heavy (non-hydrogen) atoms. The SMILES string of the molecule is COc1ccc(-c2cc(CNC(C)c3cccc4ccccc34)ccc2NC(C)=O)cc1. The van der Waals surface area contributed by atoms with Crippen LogP contribution in [0.4, 0.5) is 5.69 Å². The summed E-state index contributed by atoms with van der Waals surface area (Å²) in [6, 6.07) is 29.2. The number of methoxy groups -OCH3 is 1. The van der Waals surface area contributed by atoms with Crippen LogP contribution >= 0.6 is 0 Å². The molecule has 0 saturated heterocycles. The molecule has 4 heteroatoms. The summed E-state index contributed by atoms with van der Waals surface area (Å²) in [6.07, 6.45) is 0. The van der Waals surface area contributed by atoms with Gasteiger partial charge in [0.2, 0.25) is 5.91 Å². The Morgan fingerprint density at radius 3 is 2.44 bits per heavy atom. The fourth-order valence-corrected chi connectivity index (χ4v) is 4.02. The molecule has 0 aliphatic carbocycles. The number of anilines is 1. The number of hydrogen-bond acceptors (Lipinski definition) is 3. The van der Waals surface area contributed by atoms with Gasteiger partial charge >= 0.3 is 0 Å². The van der Waals surface area contributed by atoms with Crippen molar-refractivity contribution in [3.05, 3.63) is 96.1 Å². The Labute approximate surface area is 189 Å². The van der Waals surface area contributed by atoms with Crippen molar-refractivity contribution >= 4 is 22.4 Å². The van der Waals surface area contributed by atoms with Gasteiger partial charge in [0.1, 0.15) is 5.75 Å². The molecular weight excluding hydrogens is 396 g/mol. The average molecular weight is 425 g/mol. The fourth-order valence-electron chi connectivity index (χ4n) is 4.02. The van der Waals surface area contributed by atoms with Crippen LogP contribution in [0.5, 0.6) is 5.75 Å². The fraction of sp³-hybridized carbons (Fsp3) is 0.179. The predicted molar refractivity (Wildman–Crippen MR) is 132 cm³/mol. The summed E-state index contributed by atoms with van der Waals surface area (Å²) in [5.41, 5.74) is 5.25. The van der Waals surface area contributed by atoms with Gasteiger partial charge in [0.05, 0.1) is 7.11 Å². The standard InChI is InChI=1S/C28H28N2O2/c1-19(25-10-6-8-22-7-4-5-9-26(22)25)29-18-21-11-16-28(30-20(2)31)27(17-21)23-12-14-24(32-3)15-13-23/h4-17,19,29H,18H2,1-3H3,(H,30,31). The maximum Gasteiger partial charge on any atom is 0.221 e. The minimum Gasteiger partial charge on any atom is -0.497 e. The van der Waals surface area contributed by atoms with Gasteiger partial charge in [-0.05, 0) is 58.7 Å². The Morgan fingerprint density at radius 2 is 1.69 bits per heavy atom. The van der Waals surface area contributed by atoms with Gasteiger partial charge in [-0.15, -0.1) is 0 Å². The largest absolute Gasteiger partial charge is 0.497 e. The number of hydrogen-bond donors (Lipinski definition) is 2. The molecule has 0 aromatic heterocycles. The van der Waals surface area contributed by atoms with Crippen molar-refractivity contribution in [2.75, 3.05) is 12.4 Å². The second-order valence-corrected chi connectivity index (χ2v) is 7.96. The minimum atomic E-state index is -0.0878. The van der Waals surface area contributed by atoms with Crippen LogP contribution in [0.15, 0.2) is 84.9 Å². The van der Waals surface area contributed by atoms with E-state index in [1.165, 1.54) is 23.3 Å². The Kier molecular flexibility index (Phi) is 6.52. The molecule has 0 heterocycles. The van der Waals surface area contributed by atoms with E-state index in [0.29, 0.717) is 6.54 Å². The number of fused-ring (bicyclic) bond motifs is 1. The quantitative estimate of drug-likeness (QED) is 0.365. The molecule has 0 aliphatic rings. The summed E-state index contributed by atoms with van der Waals surface area (Å²) in [7, 11) is 1.65. The number of benzene rings is 4. The highest BCUT2D eigenvalue weighted by molar-refractivity contribution is 5.94. The summed E-state index contributed by atoms with van der Waals surface area (Å²) in [6.45, 7) is 4.44. The molecule has 1 atom stereocenters. The molecule has 4 nitrogen and oxygen atoms in total. The van der Waals surface area contributed by atoms with Crippen molar-refractivity contribution in [2.45, 2.75) is 26.4 Å². The van der Waals surface area contributed by atoms with Gasteiger partial charge in [0, 0.05) is 30.8 Å². The number of carbonyl (C=O) groups is 1. The normalized spacial score (nSPS) is 11.8. The Morgan fingerprint density at radius 1 is 0.938 bits per heavy atom. The molecule has 1 amide bonds. The van der Waals surface area contributed by atoms with Crippen LogP contribution in [-0.4, -0.2) is 13.0 Å². The van der Waals surface area contributed by atoms with E-state index >= 15 is 0 Å². The third kappa shape index (κ3) is 4.82. The van der Waals surface area contributed by atoms with Crippen LogP contribution in [0, 0.1) is 0 Å². The first-order valence-corrected chi connectivity index (χ1v) is 10.8. The van der Waals surface area contributed by atoms with Gasteiger partial charge in [-0.25, -0.2) is 0 Å². The lowest BCUT2D eigenvalue weighted by atomic mass is 9.98. The summed E-state index contributed by atoms with van der Waals surface area (Å²) in [4.78, 5) is 11.7. The summed E-state index contributed by atoms with van der Waals surface area (Å²) in [5.74, 6) is 0.715. The van der Waals surface area contributed by atoms with Crippen LogP contribution in [0.2, 0.25) is 0 Å². The average Bonchev–Trinajstić information content (AvgIpc) is 2.82. The zero-order valence-electron chi connectivity index (χ0n) is 18.7. The van der Waals surface area contributed by atoms with Crippen molar-refractivity contribution in [2.24, 2.45) is 0 Å². The number of amides is 1. The van der Waals surface area contributed by atoms with Crippen LogP contribution in [0.1, 0.15) is 31.0 Å². The van der Waals surface area contributed by atoms with Gasteiger partial charge in [0.15, 0.2) is 0 Å². The number of nitrogens with one attached hydrogen (secondary N) is 2. The van der Waals surface area contributed by atoms with Crippen molar-refractivity contribution in [3.8, 4) is 16.9 Å². The Hall–Kier alpha value is -3.63. The predicted octanol–water partition coefficient (Wildman–Crippen LogP) is 6.32. The Balaban J connectivity index is 1.58. The molecule has 0 saturated carbocycles. The van der Waals surface area contributed by atoms with Crippen molar-refractivity contribution in [1.29, 1.82) is 0 Å². The zero-order chi connectivity index (χ0) is 22.5. The third-order valence-corrected chi connectivity index (χ3v) is 5.70. The second-order valence-electron chi connectivity index (χ2n) is 7.96. The number of carbonyl (C=O) groups excluding carboxylic acids is 1. The summed E-state index contributed by atoms with van der Waals surface area (Å²) >= 11 is 0. The van der Waals surface area contributed by atoms with Crippen LogP contribution in [0.25, 0.3) is 21.9 Å². The monoisotopic (exact) mass is 424 g/mol. The maximum absolute atomic E-state index is 11.7. The van der Waals surface area contributed by atoms with Gasteiger partial charge in [-0.1, -0.05) is 60.7 Å². The van der Waals surface area contributed by atoms with E-state index in [0.717, 1.165) is 28.1 Å². The van der Waals surface area contributed by atoms with E-state index in [-0.39, 0.29) is 11.9 Å². The van der Waals surface area contributed by atoms with Gasteiger partial charge in [-0.3, -0.25) is 4.79 Å². The van der Waals surface area contributed by atoms with E-state index < -0.39 is 0 Å². The Bertz CT molecular complexity index is 1230. The molecular formula is C28H28N2O2. The van der Waals surface area contributed by atoms with E-state index in [4.69, 9.17) is 4.74 Å². The van der Waals surface area contributed by atoms with Crippen LogP contribution in [-0.2, 0) is 11.3 Å². The topological polar surface area (TPSA) is 50.4 Å². The summed E-state index contributed by atoms with van der Waals surface area (Å²) in [5, 5.41) is 9.13. The highest BCUT2D eigenvalue weighted by Crippen LogP contribution is 2.31. The molecule has 4 aromatic rings. The number of rotatable bonds is 7. The maximum atomic E-state index is 11.7. The molecule has 4 rings (SSSR count). The molecule has 0 radical (unpaired) electrons. The van der Waals surface area contributed by atoms with Gasteiger partial charge in [-0.2, -0.15) is 0 Å². The zero-order valence-corrected chi connectivity index (χ0v) is 18.7. The highest BCUT2D eigenvalue weighted by Gasteiger charge is 2.11.